The van der Waals surface area contributed by atoms with Crippen LogP contribution in [-0.2, 0) is 23.5 Å². The van der Waals surface area contributed by atoms with Crippen LogP contribution in [0.25, 0.3) is 22.5 Å². The smallest absolute Gasteiger partial charge is 0.262 e. The fourth-order valence-corrected chi connectivity index (χ4v) is 4.65. The molecule has 0 radical (unpaired) electrons. The molecule has 178 valence electrons. The molecule has 3 N–H and O–H groups in total. The van der Waals surface area contributed by atoms with Crippen molar-refractivity contribution >= 4 is 17.7 Å². The van der Waals surface area contributed by atoms with E-state index in [-0.39, 0.29) is 18.1 Å². The predicted molar refractivity (Wildman–Crippen MR) is 127 cm³/mol. The number of carbonyl (C=O) groups excluding carboxylic acids is 1. The average molecular weight is 473 g/mol. The van der Waals surface area contributed by atoms with Gasteiger partial charge in [-0.25, -0.2) is 9.97 Å². The van der Waals surface area contributed by atoms with Crippen LogP contribution in [0.3, 0.4) is 0 Å². The monoisotopic (exact) mass is 472 g/mol. The SMILES string of the molecule is CN1CC[C@@](O)(c2cc(-c3cccc(-c4ccnc(N5CCn6nc(N)cc6C5)n4)c3)no2)C1=O. The number of hydrogen-bond donors (Lipinski definition) is 2. The second-order valence-corrected chi connectivity index (χ2v) is 8.94. The molecule has 35 heavy (non-hydrogen) atoms. The molecule has 4 aromatic rings. The summed E-state index contributed by atoms with van der Waals surface area (Å²) >= 11 is 0. The Balaban J connectivity index is 1.27. The quantitative estimate of drug-likeness (QED) is 0.454. The number of hydrogen-bond acceptors (Lipinski definition) is 9. The molecule has 2 aliphatic heterocycles. The van der Waals surface area contributed by atoms with Gasteiger partial charge in [0, 0.05) is 56.0 Å². The molecule has 5 heterocycles. The number of rotatable bonds is 4. The lowest BCUT2D eigenvalue weighted by molar-refractivity contribution is -0.144. The van der Waals surface area contributed by atoms with Crippen LogP contribution in [0.15, 0.2) is 53.2 Å². The second kappa shape index (κ2) is 7.91. The molecule has 1 atom stereocenters. The van der Waals surface area contributed by atoms with Gasteiger partial charge in [0.2, 0.25) is 11.5 Å². The summed E-state index contributed by atoms with van der Waals surface area (Å²) in [5, 5.41) is 19.3. The van der Waals surface area contributed by atoms with Gasteiger partial charge in [0.25, 0.3) is 5.91 Å². The van der Waals surface area contributed by atoms with E-state index in [1.807, 2.05) is 41.1 Å². The van der Waals surface area contributed by atoms with Crippen LogP contribution in [0.4, 0.5) is 11.8 Å². The topological polar surface area (TPSA) is 139 Å². The molecule has 1 amide bonds. The number of aromatic nitrogens is 5. The first kappa shape index (κ1) is 21.3. The normalized spacial score (nSPS) is 19.9. The number of benzene rings is 1. The predicted octanol–water partition coefficient (Wildman–Crippen LogP) is 1.65. The van der Waals surface area contributed by atoms with Crippen molar-refractivity contribution in [2.75, 3.05) is 30.8 Å². The molecule has 2 aliphatic rings. The zero-order valence-electron chi connectivity index (χ0n) is 19.1. The number of nitrogens with two attached hydrogens (primary N) is 1. The summed E-state index contributed by atoms with van der Waals surface area (Å²) in [6.07, 6.45) is 2.02. The summed E-state index contributed by atoms with van der Waals surface area (Å²) in [5.41, 5.74) is 8.17. The minimum atomic E-state index is -1.67. The lowest BCUT2D eigenvalue weighted by atomic mass is 9.98. The van der Waals surface area contributed by atoms with Crippen LogP contribution in [0, 0.1) is 0 Å². The second-order valence-electron chi connectivity index (χ2n) is 8.94. The van der Waals surface area contributed by atoms with Crippen molar-refractivity contribution in [2.45, 2.75) is 25.1 Å². The molecule has 0 spiro atoms. The summed E-state index contributed by atoms with van der Waals surface area (Å²) in [4.78, 5) is 25.3. The van der Waals surface area contributed by atoms with Crippen LogP contribution in [0.5, 0.6) is 0 Å². The molecular weight excluding hydrogens is 448 g/mol. The van der Waals surface area contributed by atoms with Crippen molar-refractivity contribution < 1.29 is 14.4 Å². The summed E-state index contributed by atoms with van der Waals surface area (Å²) in [7, 11) is 1.66. The maximum Gasteiger partial charge on any atom is 0.262 e. The first-order valence-corrected chi connectivity index (χ1v) is 11.4. The van der Waals surface area contributed by atoms with Crippen molar-refractivity contribution in [3.05, 3.63) is 60.1 Å². The summed E-state index contributed by atoms with van der Waals surface area (Å²) in [5.74, 6) is 0.919. The van der Waals surface area contributed by atoms with Gasteiger partial charge >= 0.3 is 0 Å². The Morgan fingerprint density at radius 2 is 1.91 bits per heavy atom. The number of nitrogen functional groups attached to an aromatic ring is 1. The van der Waals surface area contributed by atoms with Crippen LogP contribution >= 0.6 is 0 Å². The highest BCUT2D eigenvalue weighted by Crippen LogP contribution is 2.35. The molecule has 1 saturated heterocycles. The molecule has 1 fully saturated rings. The maximum absolute atomic E-state index is 12.4. The van der Waals surface area contributed by atoms with E-state index in [0.717, 1.165) is 35.6 Å². The van der Waals surface area contributed by atoms with E-state index >= 15 is 0 Å². The zero-order valence-corrected chi connectivity index (χ0v) is 19.1. The Hall–Kier alpha value is -4.25. The lowest BCUT2D eigenvalue weighted by Crippen LogP contribution is -2.35. The van der Waals surface area contributed by atoms with Crippen molar-refractivity contribution in [1.82, 2.24) is 29.8 Å². The van der Waals surface area contributed by atoms with E-state index < -0.39 is 5.60 Å². The molecule has 1 aromatic carbocycles. The minimum Gasteiger partial charge on any atom is -0.382 e. The molecule has 3 aromatic heterocycles. The van der Waals surface area contributed by atoms with E-state index in [9.17, 15) is 9.90 Å². The zero-order chi connectivity index (χ0) is 24.2. The molecule has 11 heteroatoms. The van der Waals surface area contributed by atoms with Crippen molar-refractivity contribution in [2.24, 2.45) is 0 Å². The van der Waals surface area contributed by atoms with Crippen molar-refractivity contribution in [1.29, 1.82) is 0 Å². The van der Waals surface area contributed by atoms with E-state index in [4.69, 9.17) is 15.2 Å². The number of nitrogens with zero attached hydrogens (tertiary/aromatic N) is 7. The summed E-state index contributed by atoms with van der Waals surface area (Å²) in [6, 6.07) is 13.1. The molecule has 11 nitrogen and oxygen atoms in total. The van der Waals surface area contributed by atoms with Gasteiger partial charge in [0.1, 0.15) is 11.5 Å². The fraction of sp³-hybridized carbons (Fsp3) is 0.292. The van der Waals surface area contributed by atoms with Gasteiger partial charge in [0.05, 0.1) is 24.5 Å². The Morgan fingerprint density at radius 1 is 1.09 bits per heavy atom. The number of carbonyl (C=O) groups is 1. The number of anilines is 2. The van der Waals surface area contributed by atoms with Gasteiger partial charge < -0.3 is 25.2 Å². The first-order chi connectivity index (χ1) is 16.9. The number of likely N-dealkylation sites (tertiary alicyclic amines) is 1. The summed E-state index contributed by atoms with van der Waals surface area (Å²) in [6.45, 7) is 2.54. The highest BCUT2D eigenvalue weighted by molar-refractivity contribution is 5.87. The number of amides is 1. The maximum atomic E-state index is 12.4. The molecule has 0 unspecified atom stereocenters. The Labute approximate surface area is 200 Å². The molecule has 6 rings (SSSR count). The molecule has 0 bridgehead atoms. The average Bonchev–Trinajstić information content (AvgIpc) is 3.58. The van der Waals surface area contributed by atoms with Crippen LogP contribution in [0.1, 0.15) is 17.9 Å². The molecular formula is C24H24N8O3. The Bertz CT molecular complexity index is 1430. The Morgan fingerprint density at radius 3 is 2.71 bits per heavy atom. The van der Waals surface area contributed by atoms with Crippen LogP contribution in [-0.4, -0.2) is 61.0 Å². The van der Waals surface area contributed by atoms with E-state index in [2.05, 4.69) is 20.1 Å². The molecule has 0 aliphatic carbocycles. The van der Waals surface area contributed by atoms with Gasteiger partial charge in [-0.2, -0.15) is 5.10 Å². The van der Waals surface area contributed by atoms with E-state index in [0.29, 0.717) is 30.5 Å². The third-order valence-electron chi connectivity index (χ3n) is 6.62. The van der Waals surface area contributed by atoms with Gasteiger partial charge in [0.15, 0.2) is 5.76 Å². The van der Waals surface area contributed by atoms with Crippen LogP contribution in [0.2, 0.25) is 0 Å². The third kappa shape index (κ3) is 3.60. The lowest BCUT2D eigenvalue weighted by Gasteiger charge is -2.27. The largest absolute Gasteiger partial charge is 0.382 e. The van der Waals surface area contributed by atoms with Gasteiger partial charge in [-0.15, -0.1) is 0 Å². The minimum absolute atomic E-state index is 0.154. The highest BCUT2D eigenvalue weighted by Gasteiger charge is 2.48. The van der Waals surface area contributed by atoms with Crippen LogP contribution < -0.4 is 10.6 Å². The number of aliphatic hydroxyl groups is 1. The fourth-order valence-electron chi connectivity index (χ4n) is 4.65. The van der Waals surface area contributed by atoms with Crippen molar-refractivity contribution in [3.63, 3.8) is 0 Å². The van der Waals surface area contributed by atoms with E-state index in [1.165, 1.54) is 4.90 Å². The highest BCUT2D eigenvalue weighted by atomic mass is 16.5. The Kier molecular flexibility index (Phi) is 4.81. The van der Waals surface area contributed by atoms with Gasteiger partial charge in [-0.3, -0.25) is 9.48 Å². The van der Waals surface area contributed by atoms with Gasteiger partial charge in [-0.05, 0) is 12.1 Å². The first-order valence-electron chi connectivity index (χ1n) is 11.4. The summed E-state index contributed by atoms with van der Waals surface area (Å²) < 4.78 is 7.32. The third-order valence-corrected chi connectivity index (χ3v) is 6.62. The standard InChI is InChI=1S/C24H24N8O3/c1-30-8-6-24(34,22(30)33)20-13-19(29-35-20)16-4-2-3-15(11-16)18-5-7-26-23(27-18)31-9-10-32-17(14-31)12-21(25)28-32/h2-5,7,11-13,34H,6,8-10,14H2,1H3,(H2,25,28)/t24-/m1/s1. The number of fused-ring (bicyclic) bond motifs is 1. The van der Waals surface area contributed by atoms with Crippen molar-refractivity contribution in [3.8, 4) is 22.5 Å². The van der Waals surface area contributed by atoms with Gasteiger partial charge in [-0.1, -0.05) is 23.4 Å². The van der Waals surface area contributed by atoms with E-state index in [1.54, 1.807) is 19.3 Å². The molecule has 0 saturated carbocycles. The number of likely N-dealkylation sites (N-methyl/N-ethyl adjacent to an activating group) is 1.